The fourth-order valence-electron chi connectivity index (χ4n) is 2.55. The van der Waals surface area contributed by atoms with Crippen LogP contribution >= 0.6 is 0 Å². The van der Waals surface area contributed by atoms with E-state index in [0.29, 0.717) is 0 Å². The molecule has 1 saturated heterocycles. The standard InChI is InChI=1S/C13H18N2OS/c16-17-7-5-15(6-8-17)10-11-1-2-13-12(9-11)3-4-14-13/h1-2,9,14H,3-8,10H2. The molecular formula is C13H18N2OS. The molecule has 0 aliphatic carbocycles. The third-order valence-electron chi connectivity index (χ3n) is 3.56. The quantitative estimate of drug-likeness (QED) is 0.856. The summed E-state index contributed by atoms with van der Waals surface area (Å²) < 4.78 is 11.3. The second kappa shape index (κ2) is 4.78. The molecule has 2 aliphatic rings. The van der Waals surface area contributed by atoms with Crippen LogP contribution in [0.1, 0.15) is 11.1 Å². The number of fused-ring (bicyclic) bond motifs is 1. The van der Waals surface area contributed by atoms with Crippen LogP contribution in [0.5, 0.6) is 0 Å². The number of hydrogen-bond acceptors (Lipinski definition) is 3. The zero-order valence-corrected chi connectivity index (χ0v) is 10.8. The van der Waals surface area contributed by atoms with Gasteiger partial charge in [0.2, 0.25) is 0 Å². The van der Waals surface area contributed by atoms with Gasteiger partial charge in [-0.05, 0) is 23.6 Å². The molecule has 2 aliphatic heterocycles. The van der Waals surface area contributed by atoms with E-state index in [1.165, 1.54) is 16.8 Å². The number of benzene rings is 1. The lowest BCUT2D eigenvalue weighted by Gasteiger charge is -2.26. The molecule has 4 heteroatoms. The summed E-state index contributed by atoms with van der Waals surface area (Å²) in [5, 5.41) is 3.38. The first-order chi connectivity index (χ1) is 8.31. The Kier molecular flexibility index (Phi) is 3.16. The molecule has 0 saturated carbocycles. The second-order valence-corrected chi connectivity index (χ2v) is 6.49. The predicted molar refractivity (Wildman–Crippen MR) is 71.8 cm³/mol. The van der Waals surface area contributed by atoms with Gasteiger partial charge in [0.05, 0.1) is 0 Å². The Balaban J connectivity index is 1.67. The van der Waals surface area contributed by atoms with Crippen molar-refractivity contribution in [2.45, 2.75) is 13.0 Å². The molecule has 0 unspecified atom stereocenters. The van der Waals surface area contributed by atoms with Crippen molar-refractivity contribution >= 4 is 16.5 Å². The van der Waals surface area contributed by atoms with Gasteiger partial charge in [0, 0.05) is 54.2 Å². The SMILES string of the molecule is O=S1CCN(Cc2ccc3c(c2)CCN3)CC1. The Morgan fingerprint density at radius 1 is 1.29 bits per heavy atom. The lowest BCUT2D eigenvalue weighted by atomic mass is 10.1. The minimum atomic E-state index is -0.570. The normalized spacial score (nSPS) is 21.2. The van der Waals surface area contributed by atoms with Crippen molar-refractivity contribution in [3.05, 3.63) is 29.3 Å². The number of rotatable bonds is 2. The van der Waals surface area contributed by atoms with Crippen LogP contribution in [0.4, 0.5) is 5.69 Å². The highest BCUT2D eigenvalue weighted by Gasteiger charge is 2.16. The van der Waals surface area contributed by atoms with Crippen LogP contribution in [0, 0.1) is 0 Å². The summed E-state index contributed by atoms with van der Waals surface area (Å²) in [6.45, 7) is 4.02. The summed E-state index contributed by atoms with van der Waals surface area (Å²) in [5.74, 6) is 1.68. The molecule has 3 rings (SSSR count). The molecular weight excluding hydrogens is 232 g/mol. The highest BCUT2D eigenvalue weighted by molar-refractivity contribution is 7.85. The molecule has 1 N–H and O–H groups in total. The topological polar surface area (TPSA) is 32.3 Å². The van der Waals surface area contributed by atoms with Crippen molar-refractivity contribution in [2.75, 3.05) is 36.5 Å². The number of hydrogen-bond donors (Lipinski definition) is 1. The van der Waals surface area contributed by atoms with Gasteiger partial charge >= 0.3 is 0 Å². The van der Waals surface area contributed by atoms with Crippen molar-refractivity contribution in [1.29, 1.82) is 0 Å². The number of nitrogens with one attached hydrogen (secondary N) is 1. The molecule has 0 aromatic heterocycles. The van der Waals surface area contributed by atoms with Crippen LogP contribution in [0.15, 0.2) is 18.2 Å². The molecule has 0 bridgehead atoms. The number of anilines is 1. The molecule has 2 heterocycles. The minimum Gasteiger partial charge on any atom is -0.384 e. The van der Waals surface area contributed by atoms with E-state index in [-0.39, 0.29) is 0 Å². The van der Waals surface area contributed by atoms with E-state index in [1.54, 1.807) is 0 Å². The number of nitrogens with zero attached hydrogens (tertiary/aromatic N) is 1. The Bertz CT molecular complexity index is 437. The van der Waals surface area contributed by atoms with Gasteiger partial charge < -0.3 is 5.32 Å². The van der Waals surface area contributed by atoms with Crippen molar-refractivity contribution < 1.29 is 4.21 Å². The third kappa shape index (κ3) is 2.53. The lowest BCUT2D eigenvalue weighted by molar-refractivity contribution is 0.291. The van der Waals surface area contributed by atoms with Crippen molar-refractivity contribution in [3.8, 4) is 0 Å². The molecule has 1 fully saturated rings. The minimum absolute atomic E-state index is 0.570. The summed E-state index contributed by atoms with van der Waals surface area (Å²) in [4.78, 5) is 2.41. The maximum Gasteiger partial charge on any atom is 0.0373 e. The molecule has 1 aromatic carbocycles. The fraction of sp³-hybridized carbons (Fsp3) is 0.538. The molecule has 0 atom stereocenters. The molecule has 0 amide bonds. The summed E-state index contributed by atoms with van der Waals surface area (Å²) in [7, 11) is -0.570. The Hall–Kier alpha value is -0.870. The zero-order chi connectivity index (χ0) is 11.7. The van der Waals surface area contributed by atoms with Gasteiger partial charge in [-0.25, -0.2) is 0 Å². The summed E-state index contributed by atoms with van der Waals surface area (Å²) >= 11 is 0. The molecule has 1 aromatic rings. The summed E-state index contributed by atoms with van der Waals surface area (Å²) in [6.07, 6.45) is 1.15. The fourth-order valence-corrected chi connectivity index (χ4v) is 3.68. The van der Waals surface area contributed by atoms with Crippen molar-refractivity contribution in [1.82, 2.24) is 4.90 Å². The van der Waals surface area contributed by atoms with Crippen molar-refractivity contribution in [3.63, 3.8) is 0 Å². The van der Waals surface area contributed by atoms with Crippen molar-refractivity contribution in [2.24, 2.45) is 0 Å². The molecule has 0 spiro atoms. The first-order valence-electron chi connectivity index (χ1n) is 6.24. The first-order valence-corrected chi connectivity index (χ1v) is 7.73. The highest BCUT2D eigenvalue weighted by atomic mass is 32.2. The highest BCUT2D eigenvalue weighted by Crippen LogP contribution is 2.23. The smallest absolute Gasteiger partial charge is 0.0373 e. The van der Waals surface area contributed by atoms with E-state index in [2.05, 4.69) is 28.4 Å². The van der Waals surface area contributed by atoms with E-state index in [4.69, 9.17) is 0 Å². The average molecular weight is 250 g/mol. The second-order valence-electron chi connectivity index (χ2n) is 4.79. The Morgan fingerprint density at radius 3 is 2.94 bits per heavy atom. The molecule has 0 radical (unpaired) electrons. The third-order valence-corrected chi connectivity index (χ3v) is 4.83. The van der Waals surface area contributed by atoms with Gasteiger partial charge in [0.25, 0.3) is 0 Å². The van der Waals surface area contributed by atoms with Crippen LogP contribution in [-0.2, 0) is 23.8 Å². The maximum absolute atomic E-state index is 11.3. The van der Waals surface area contributed by atoms with Gasteiger partial charge in [-0.15, -0.1) is 0 Å². The predicted octanol–water partition coefficient (Wildman–Crippen LogP) is 1.22. The van der Waals surface area contributed by atoms with Crippen LogP contribution in [-0.4, -0.2) is 40.2 Å². The maximum atomic E-state index is 11.3. The Labute approximate surface area is 105 Å². The van der Waals surface area contributed by atoms with Crippen LogP contribution in [0.2, 0.25) is 0 Å². The van der Waals surface area contributed by atoms with Crippen LogP contribution in [0.25, 0.3) is 0 Å². The Morgan fingerprint density at radius 2 is 2.12 bits per heavy atom. The van der Waals surface area contributed by atoms with Crippen LogP contribution in [0.3, 0.4) is 0 Å². The van der Waals surface area contributed by atoms with E-state index in [1.807, 2.05) is 0 Å². The molecule has 3 nitrogen and oxygen atoms in total. The van der Waals surface area contributed by atoms with Gasteiger partial charge in [0.15, 0.2) is 0 Å². The van der Waals surface area contributed by atoms with E-state index in [9.17, 15) is 4.21 Å². The zero-order valence-electron chi connectivity index (χ0n) is 9.95. The van der Waals surface area contributed by atoms with Gasteiger partial charge in [0.1, 0.15) is 0 Å². The molecule has 17 heavy (non-hydrogen) atoms. The molecule has 92 valence electrons. The monoisotopic (exact) mass is 250 g/mol. The van der Waals surface area contributed by atoms with E-state index in [0.717, 1.165) is 44.1 Å². The van der Waals surface area contributed by atoms with Gasteiger partial charge in [-0.1, -0.05) is 12.1 Å². The van der Waals surface area contributed by atoms with E-state index >= 15 is 0 Å². The first kappa shape index (κ1) is 11.2. The van der Waals surface area contributed by atoms with Crippen LogP contribution < -0.4 is 5.32 Å². The van der Waals surface area contributed by atoms with Gasteiger partial charge in [-0.3, -0.25) is 9.11 Å². The summed E-state index contributed by atoms with van der Waals surface area (Å²) in [5.41, 5.74) is 4.14. The van der Waals surface area contributed by atoms with Gasteiger partial charge in [-0.2, -0.15) is 0 Å². The lowest BCUT2D eigenvalue weighted by Crippen LogP contribution is -2.37. The largest absolute Gasteiger partial charge is 0.384 e. The average Bonchev–Trinajstić information content (AvgIpc) is 2.79. The van der Waals surface area contributed by atoms with E-state index < -0.39 is 10.8 Å². The summed E-state index contributed by atoms with van der Waals surface area (Å²) in [6, 6.07) is 6.73.